The van der Waals surface area contributed by atoms with Gasteiger partial charge in [0.25, 0.3) is 0 Å². The van der Waals surface area contributed by atoms with Crippen LogP contribution < -0.4 is 5.73 Å². The number of nitrogens with zero attached hydrogens (tertiary/aromatic N) is 1. The summed E-state index contributed by atoms with van der Waals surface area (Å²) < 4.78 is 0. The van der Waals surface area contributed by atoms with Gasteiger partial charge in [-0.1, -0.05) is 0 Å². The molecule has 3 nitrogen and oxygen atoms in total. The van der Waals surface area contributed by atoms with E-state index in [0.29, 0.717) is 0 Å². The molecule has 1 heterocycles. The van der Waals surface area contributed by atoms with E-state index in [9.17, 15) is 4.79 Å². The summed E-state index contributed by atoms with van der Waals surface area (Å²) in [4.78, 5) is 12.6. The highest BCUT2D eigenvalue weighted by molar-refractivity contribution is 7.99. The lowest BCUT2D eigenvalue weighted by Gasteiger charge is -2.25. The highest BCUT2D eigenvalue weighted by Crippen LogP contribution is 2.08. The minimum atomic E-state index is -0.316. The van der Waals surface area contributed by atoms with Crippen LogP contribution in [0.2, 0.25) is 0 Å². The molecular formula is C7H13N2OS. The fourth-order valence-corrected chi connectivity index (χ4v) is 1.98. The molecule has 63 valence electrons. The summed E-state index contributed by atoms with van der Waals surface area (Å²) in [5.74, 6) is 2.03. The molecule has 0 saturated carbocycles. The number of amides is 1. The highest BCUT2D eigenvalue weighted by atomic mass is 32.2. The maximum absolute atomic E-state index is 10.4. The molecule has 11 heavy (non-hydrogen) atoms. The van der Waals surface area contributed by atoms with Gasteiger partial charge in [-0.15, -0.1) is 0 Å². The van der Waals surface area contributed by atoms with Gasteiger partial charge in [0, 0.05) is 31.1 Å². The molecule has 0 aromatic carbocycles. The number of hydrogen-bond acceptors (Lipinski definition) is 3. The molecule has 0 spiro atoms. The van der Waals surface area contributed by atoms with Crippen molar-refractivity contribution in [2.24, 2.45) is 5.73 Å². The average Bonchev–Trinajstić information content (AvgIpc) is 2.03. The average molecular weight is 173 g/mol. The Morgan fingerprint density at radius 2 is 2.18 bits per heavy atom. The summed E-state index contributed by atoms with van der Waals surface area (Å²) in [5, 5.41) is 0. The Balaban J connectivity index is 2.09. The molecule has 1 aliphatic heterocycles. The van der Waals surface area contributed by atoms with Crippen LogP contribution in [-0.2, 0) is 4.79 Å². The van der Waals surface area contributed by atoms with Crippen LogP contribution in [0.1, 0.15) is 0 Å². The van der Waals surface area contributed by atoms with Crippen LogP contribution >= 0.6 is 11.8 Å². The van der Waals surface area contributed by atoms with Crippen LogP contribution in [0, 0.1) is 6.42 Å². The maximum Gasteiger partial charge on any atom is 0.222 e. The van der Waals surface area contributed by atoms with Gasteiger partial charge in [0.2, 0.25) is 5.91 Å². The Kier molecular flexibility index (Phi) is 3.72. The molecule has 1 rings (SSSR count). The van der Waals surface area contributed by atoms with Gasteiger partial charge in [-0.3, -0.25) is 4.79 Å². The molecule has 0 bridgehead atoms. The molecule has 0 aliphatic carbocycles. The second kappa shape index (κ2) is 4.62. The van der Waals surface area contributed by atoms with Gasteiger partial charge in [0.1, 0.15) is 0 Å². The molecule has 0 aromatic rings. The molecule has 4 heteroatoms. The third-order valence-corrected chi connectivity index (χ3v) is 2.60. The summed E-state index contributed by atoms with van der Waals surface area (Å²) in [5.41, 5.74) is 4.98. The lowest BCUT2D eigenvalue weighted by Crippen LogP contribution is -2.35. The van der Waals surface area contributed by atoms with Crippen LogP contribution in [0.25, 0.3) is 0 Å². The lowest BCUT2D eigenvalue weighted by molar-refractivity contribution is -0.115. The van der Waals surface area contributed by atoms with Gasteiger partial charge in [0.05, 0.1) is 6.42 Å². The molecular weight excluding hydrogens is 160 g/mol. The molecule has 1 fully saturated rings. The first-order valence-corrected chi connectivity index (χ1v) is 4.87. The zero-order chi connectivity index (χ0) is 8.10. The molecule has 1 radical (unpaired) electrons. The third kappa shape index (κ3) is 3.62. The molecule has 0 atom stereocenters. The maximum atomic E-state index is 10.4. The zero-order valence-corrected chi connectivity index (χ0v) is 7.27. The fourth-order valence-electron chi connectivity index (χ4n) is 1.00. The van der Waals surface area contributed by atoms with E-state index >= 15 is 0 Å². The number of nitrogens with two attached hydrogens (primary N) is 1. The topological polar surface area (TPSA) is 46.3 Å². The second-order valence-corrected chi connectivity index (χ2v) is 3.74. The largest absolute Gasteiger partial charge is 0.369 e. The van der Waals surface area contributed by atoms with Crippen molar-refractivity contribution in [3.8, 4) is 0 Å². The highest BCUT2D eigenvalue weighted by Gasteiger charge is 2.10. The van der Waals surface area contributed by atoms with Crippen LogP contribution in [0.15, 0.2) is 0 Å². The smallest absolute Gasteiger partial charge is 0.222 e. The first-order valence-electron chi connectivity index (χ1n) is 3.72. The Labute approximate surface area is 71.3 Å². The van der Waals surface area contributed by atoms with Crippen LogP contribution in [0.3, 0.4) is 0 Å². The molecule has 1 aliphatic rings. The lowest BCUT2D eigenvalue weighted by atomic mass is 10.3. The Morgan fingerprint density at radius 3 is 2.73 bits per heavy atom. The monoisotopic (exact) mass is 173 g/mol. The Morgan fingerprint density at radius 1 is 1.55 bits per heavy atom. The minimum Gasteiger partial charge on any atom is -0.369 e. The predicted molar refractivity (Wildman–Crippen MR) is 47.3 cm³/mol. The van der Waals surface area contributed by atoms with Gasteiger partial charge >= 0.3 is 0 Å². The SMILES string of the molecule is NC(=O)[CH]CN1CCSCC1. The van der Waals surface area contributed by atoms with Crippen molar-refractivity contribution < 1.29 is 4.79 Å². The van der Waals surface area contributed by atoms with E-state index < -0.39 is 0 Å². The van der Waals surface area contributed by atoms with Crippen molar-refractivity contribution in [1.82, 2.24) is 4.90 Å². The van der Waals surface area contributed by atoms with Gasteiger partial charge in [-0.05, 0) is 0 Å². The Bertz CT molecular complexity index is 134. The van der Waals surface area contributed by atoms with E-state index in [4.69, 9.17) is 5.73 Å². The number of thioether (sulfide) groups is 1. The van der Waals surface area contributed by atoms with Crippen molar-refractivity contribution in [3.63, 3.8) is 0 Å². The Hall–Kier alpha value is -0.220. The van der Waals surface area contributed by atoms with Crippen molar-refractivity contribution in [3.05, 3.63) is 6.42 Å². The van der Waals surface area contributed by atoms with E-state index in [1.165, 1.54) is 17.9 Å². The minimum absolute atomic E-state index is 0.316. The van der Waals surface area contributed by atoms with Gasteiger partial charge in [-0.2, -0.15) is 11.8 Å². The van der Waals surface area contributed by atoms with Crippen LogP contribution in [0.5, 0.6) is 0 Å². The van der Waals surface area contributed by atoms with Crippen molar-refractivity contribution >= 4 is 17.7 Å². The quantitative estimate of drug-likeness (QED) is 0.639. The molecule has 0 aromatic heterocycles. The van der Waals surface area contributed by atoms with Crippen molar-refractivity contribution in [1.29, 1.82) is 0 Å². The van der Waals surface area contributed by atoms with E-state index in [0.717, 1.165) is 19.6 Å². The zero-order valence-electron chi connectivity index (χ0n) is 6.45. The third-order valence-electron chi connectivity index (χ3n) is 1.65. The van der Waals surface area contributed by atoms with Gasteiger partial charge < -0.3 is 10.6 Å². The number of primary amides is 1. The standard InChI is InChI=1S/C7H13N2OS/c8-7(10)1-2-9-3-5-11-6-4-9/h1H,2-6H2,(H2,8,10). The fraction of sp³-hybridized carbons (Fsp3) is 0.714. The first-order chi connectivity index (χ1) is 5.29. The van der Waals surface area contributed by atoms with E-state index in [2.05, 4.69) is 4.90 Å². The van der Waals surface area contributed by atoms with E-state index in [-0.39, 0.29) is 5.91 Å². The van der Waals surface area contributed by atoms with E-state index in [1.54, 1.807) is 0 Å². The molecule has 1 saturated heterocycles. The van der Waals surface area contributed by atoms with Crippen LogP contribution in [0.4, 0.5) is 0 Å². The number of carbonyl (C=O) groups excluding carboxylic acids is 1. The van der Waals surface area contributed by atoms with Crippen molar-refractivity contribution in [2.75, 3.05) is 31.1 Å². The molecule has 1 amide bonds. The summed E-state index contributed by atoms with van der Waals surface area (Å²) in [6.45, 7) is 2.87. The number of hydrogen-bond donors (Lipinski definition) is 1. The molecule has 0 unspecified atom stereocenters. The normalized spacial score (nSPS) is 20.0. The summed E-state index contributed by atoms with van der Waals surface area (Å²) in [7, 11) is 0. The van der Waals surface area contributed by atoms with Gasteiger partial charge in [0.15, 0.2) is 0 Å². The van der Waals surface area contributed by atoms with Gasteiger partial charge in [-0.25, -0.2) is 0 Å². The van der Waals surface area contributed by atoms with E-state index in [1.807, 2.05) is 11.8 Å². The van der Waals surface area contributed by atoms with Crippen LogP contribution in [-0.4, -0.2) is 41.9 Å². The summed E-state index contributed by atoms with van der Waals surface area (Å²) in [6, 6.07) is 0. The number of rotatable bonds is 3. The summed E-state index contributed by atoms with van der Waals surface area (Å²) in [6.07, 6.45) is 1.54. The number of carbonyl (C=O) groups is 1. The predicted octanol–water partition coefficient (Wildman–Crippen LogP) is -0.275. The second-order valence-electron chi connectivity index (χ2n) is 2.52. The van der Waals surface area contributed by atoms with Crippen molar-refractivity contribution in [2.45, 2.75) is 0 Å². The first kappa shape index (κ1) is 8.87. The molecule has 2 N–H and O–H groups in total. The summed E-state index contributed by atoms with van der Waals surface area (Å²) >= 11 is 1.96.